The molecule has 1 rings (SSSR count). The second kappa shape index (κ2) is 4.75. The highest BCUT2D eigenvalue weighted by Crippen LogP contribution is 2.20. The smallest absolute Gasteiger partial charge is 0.239 e. The predicted octanol–water partition coefficient (Wildman–Crippen LogP) is -0.0470. The lowest BCUT2D eigenvalue weighted by Gasteiger charge is -2.20. The zero-order chi connectivity index (χ0) is 10.7. The summed E-state index contributed by atoms with van der Waals surface area (Å²) in [6, 6.07) is -0.372. The Morgan fingerprint density at radius 1 is 1.71 bits per heavy atom. The molecule has 4 heteroatoms. The van der Waals surface area contributed by atoms with Crippen LogP contribution in [-0.2, 0) is 4.79 Å². The lowest BCUT2D eigenvalue weighted by atomic mass is 10.0. The van der Waals surface area contributed by atoms with Crippen molar-refractivity contribution in [1.29, 1.82) is 0 Å². The van der Waals surface area contributed by atoms with Crippen molar-refractivity contribution in [1.82, 2.24) is 4.90 Å². The van der Waals surface area contributed by atoms with Gasteiger partial charge in [0.25, 0.3) is 0 Å². The first-order valence-corrected chi connectivity index (χ1v) is 5.28. The Morgan fingerprint density at radius 2 is 2.36 bits per heavy atom. The van der Waals surface area contributed by atoms with Crippen molar-refractivity contribution in [3.63, 3.8) is 0 Å². The number of aliphatic hydroxyl groups excluding tert-OH is 1. The Kier molecular flexibility index (Phi) is 3.89. The van der Waals surface area contributed by atoms with Gasteiger partial charge in [0.15, 0.2) is 0 Å². The van der Waals surface area contributed by atoms with E-state index in [2.05, 4.69) is 0 Å². The van der Waals surface area contributed by atoms with Gasteiger partial charge in [-0.05, 0) is 19.8 Å². The first kappa shape index (κ1) is 11.5. The second-order valence-corrected chi connectivity index (χ2v) is 4.09. The van der Waals surface area contributed by atoms with Crippen LogP contribution in [0.15, 0.2) is 0 Å². The van der Waals surface area contributed by atoms with Gasteiger partial charge in [-0.25, -0.2) is 0 Å². The van der Waals surface area contributed by atoms with Crippen LogP contribution in [0, 0.1) is 5.92 Å². The minimum absolute atomic E-state index is 0.0238. The van der Waals surface area contributed by atoms with Crippen LogP contribution in [0.2, 0.25) is 0 Å². The van der Waals surface area contributed by atoms with Crippen LogP contribution < -0.4 is 5.73 Å². The van der Waals surface area contributed by atoms with E-state index in [0.717, 1.165) is 13.0 Å². The van der Waals surface area contributed by atoms with E-state index < -0.39 is 0 Å². The molecule has 0 aromatic carbocycles. The van der Waals surface area contributed by atoms with E-state index in [9.17, 15) is 9.90 Å². The molecule has 1 heterocycles. The van der Waals surface area contributed by atoms with Crippen molar-refractivity contribution in [3.8, 4) is 0 Å². The number of rotatable bonds is 3. The zero-order valence-corrected chi connectivity index (χ0v) is 8.94. The van der Waals surface area contributed by atoms with Crippen LogP contribution in [0.1, 0.15) is 26.7 Å². The molecule has 3 atom stereocenters. The summed E-state index contributed by atoms with van der Waals surface area (Å²) in [6.45, 7) is 5.08. The van der Waals surface area contributed by atoms with E-state index in [1.54, 1.807) is 11.8 Å². The molecule has 0 aliphatic carbocycles. The van der Waals surface area contributed by atoms with E-state index in [1.165, 1.54) is 0 Å². The van der Waals surface area contributed by atoms with Crippen LogP contribution in [-0.4, -0.2) is 41.1 Å². The third-order valence-corrected chi connectivity index (χ3v) is 2.98. The molecule has 14 heavy (non-hydrogen) atoms. The molecule has 1 saturated heterocycles. The Hall–Kier alpha value is -0.610. The van der Waals surface area contributed by atoms with E-state index in [1.807, 2.05) is 6.92 Å². The molecule has 1 amide bonds. The number of hydrogen-bond donors (Lipinski definition) is 2. The summed E-state index contributed by atoms with van der Waals surface area (Å²) in [5.41, 5.74) is 5.66. The largest absolute Gasteiger partial charge is 0.393 e. The van der Waals surface area contributed by atoms with Gasteiger partial charge in [-0.1, -0.05) is 6.92 Å². The lowest BCUT2D eigenvalue weighted by Crippen LogP contribution is -2.42. The fraction of sp³-hybridized carbons (Fsp3) is 0.900. The molecule has 2 unspecified atom stereocenters. The molecule has 82 valence electrons. The van der Waals surface area contributed by atoms with Crippen molar-refractivity contribution < 1.29 is 9.90 Å². The van der Waals surface area contributed by atoms with Crippen LogP contribution in [0.4, 0.5) is 0 Å². The molecule has 0 saturated carbocycles. The van der Waals surface area contributed by atoms with Gasteiger partial charge in [-0.15, -0.1) is 0 Å². The van der Waals surface area contributed by atoms with E-state index in [4.69, 9.17) is 5.73 Å². The number of nitrogens with zero attached hydrogens (tertiary/aromatic N) is 1. The Labute approximate surface area is 85.1 Å². The van der Waals surface area contributed by atoms with Crippen LogP contribution >= 0.6 is 0 Å². The summed E-state index contributed by atoms with van der Waals surface area (Å²) >= 11 is 0. The van der Waals surface area contributed by atoms with Crippen molar-refractivity contribution in [3.05, 3.63) is 0 Å². The van der Waals surface area contributed by atoms with Gasteiger partial charge in [0.2, 0.25) is 5.91 Å². The van der Waals surface area contributed by atoms with Gasteiger partial charge in [0.05, 0.1) is 12.1 Å². The first-order valence-electron chi connectivity index (χ1n) is 5.28. The summed E-state index contributed by atoms with van der Waals surface area (Å²) in [7, 11) is 0. The van der Waals surface area contributed by atoms with E-state index in [-0.39, 0.29) is 24.0 Å². The number of likely N-dealkylation sites (tertiary alicyclic amines) is 1. The number of hydrogen-bond acceptors (Lipinski definition) is 3. The van der Waals surface area contributed by atoms with Gasteiger partial charge in [-0.3, -0.25) is 4.79 Å². The van der Waals surface area contributed by atoms with Gasteiger partial charge >= 0.3 is 0 Å². The molecule has 1 aliphatic heterocycles. The van der Waals surface area contributed by atoms with E-state index >= 15 is 0 Å². The maximum Gasteiger partial charge on any atom is 0.239 e. The number of carbonyl (C=O) groups excluding carboxylic acids is 1. The number of amides is 1. The normalized spacial score (nSPS) is 26.3. The third-order valence-electron chi connectivity index (χ3n) is 2.98. The van der Waals surface area contributed by atoms with Crippen molar-refractivity contribution in [2.45, 2.75) is 38.8 Å². The summed E-state index contributed by atoms with van der Waals surface area (Å²) < 4.78 is 0. The predicted molar refractivity (Wildman–Crippen MR) is 54.6 cm³/mol. The average Bonchev–Trinajstić information content (AvgIpc) is 2.64. The number of nitrogens with two attached hydrogens (primary N) is 1. The Morgan fingerprint density at radius 3 is 2.79 bits per heavy atom. The van der Waals surface area contributed by atoms with Gasteiger partial charge in [0.1, 0.15) is 0 Å². The zero-order valence-electron chi connectivity index (χ0n) is 8.94. The van der Waals surface area contributed by atoms with Crippen molar-refractivity contribution in [2.24, 2.45) is 11.7 Å². The van der Waals surface area contributed by atoms with Crippen molar-refractivity contribution >= 4 is 5.91 Å². The Bertz CT molecular complexity index is 206. The number of carbonyl (C=O) groups is 1. The Balaban J connectivity index is 2.45. The molecule has 0 radical (unpaired) electrons. The van der Waals surface area contributed by atoms with Crippen LogP contribution in [0.5, 0.6) is 0 Å². The summed E-state index contributed by atoms with van der Waals surface area (Å²) in [5, 5.41) is 9.38. The SMILES string of the molecule is CC[C@@H](N)C(=O)N1CCC(C(C)O)C1. The molecule has 0 aromatic heterocycles. The fourth-order valence-electron chi connectivity index (χ4n) is 1.79. The summed E-state index contributed by atoms with van der Waals surface area (Å²) in [6.07, 6.45) is 1.24. The van der Waals surface area contributed by atoms with Gasteiger partial charge < -0.3 is 15.7 Å². The van der Waals surface area contributed by atoms with Crippen LogP contribution in [0.25, 0.3) is 0 Å². The summed E-state index contributed by atoms with van der Waals surface area (Å²) in [5.74, 6) is 0.249. The third kappa shape index (κ3) is 2.45. The minimum Gasteiger partial charge on any atom is -0.393 e. The maximum absolute atomic E-state index is 11.7. The topological polar surface area (TPSA) is 66.6 Å². The monoisotopic (exact) mass is 200 g/mol. The molecular weight excluding hydrogens is 180 g/mol. The van der Waals surface area contributed by atoms with Crippen molar-refractivity contribution in [2.75, 3.05) is 13.1 Å². The standard InChI is InChI=1S/C10H20N2O2/c1-3-9(11)10(14)12-5-4-8(6-12)7(2)13/h7-9,13H,3-6,11H2,1-2H3/t7?,8?,9-/m1/s1. The molecule has 4 nitrogen and oxygen atoms in total. The quantitative estimate of drug-likeness (QED) is 0.671. The molecule has 3 N–H and O–H groups in total. The second-order valence-electron chi connectivity index (χ2n) is 4.09. The van der Waals surface area contributed by atoms with Crippen LogP contribution in [0.3, 0.4) is 0 Å². The highest BCUT2D eigenvalue weighted by molar-refractivity contribution is 5.81. The van der Waals surface area contributed by atoms with E-state index in [0.29, 0.717) is 13.0 Å². The molecule has 0 aromatic rings. The molecule has 0 bridgehead atoms. The highest BCUT2D eigenvalue weighted by Gasteiger charge is 2.30. The lowest BCUT2D eigenvalue weighted by molar-refractivity contribution is -0.131. The minimum atomic E-state index is -0.372. The molecule has 0 spiro atoms. The molecular formula is C10H20N2O2. The van der Waals surface area contributed by atoms with Gasteiger partial charge in [0, 0.05) is 19.0 Å². The average molecular weight is 200 g/mol. The highest BCUT2D eigenvalue weighted by atomic mass is 16.3. The number of aliphatic hydroxyl groups is 1. The first-order chi connectivity index (χ1) is 6.56. The maximum atomic E-state index is 11.7. The summed E-state index contributed by atoms with van der Waals surface area (Å²) in [4.78, 5) is 13.4. The molecule has 1 aliphatic rings. The molecule has 1 fully saturated rings. The van der Waals surface area contributed by atoms with Gasteiger partial charge in [-0.2, -0.15) is 0 Å². The fourth-order valence-corrected chi connectivity index (χ4v) is 1.79.